The van der Waals surface area contributed by atoms with Crippen molar-refractivity contribution in [1.29, 1.82) is 0 Å². The van der Waals surface area contributed by atoms with E-state index in [1.54, 1.807) is 0 Å². The lowest BCUT2D eigenvalue weighted by Gasteiger charge is -2.31. The minimum absolute atomic E-state index is 0.0952. The van der Waals surface area contributed by atoms with Crippen LogP contribution in [0.5, 0.6) is 0 Å². The molecule has 1 aromatic carbocycles. The van der Waals surface area contributed by atoms with Crippen LogP contribution in [-0.2, 0) is 14.3 Å². The van der Waals surface area contributed by atoms with Crippen LogP contribution >= 0.6 is 0 Å². The summed E-state index contributed by atoms with van der Waals surface area (Å²) < 4.78 is 36.8. The maximum Gasteiger partial charge on any atom is 0.336 e. The fraction of sp³-hybridized carbons (Fsp3) is 0.385. The molecule has 1 aliphatic heterocycles. The smallest absolute Gasteiger partial charge is 0.336 e. The first-order chi connectivity index (χ1) is 9.93. The molecule has 21 heavy (non-hydrogen) atoms. The van der Waals surface area contributed by atoms with Crippen molar-refractivity contribution in [2.75, 3.05) is 32.5 Å². The number of amides is 1. The topological polar surface area (TPSA) is 81.9 Å². The zero-order valence-electron chi connectivity index (χ0n) is 11.3. The standard InChI is InChI=1S/C13H14F2N2O4/c1-20-13(19)10-6-17(2-3-21-10)12(18)8-4-7(14)5-9(16)11(8)15/h4-5,10H,2-3,6,16H2,1H3. The van der Waals surface area contributed by atoms with E-state index in [0.717, 1.165) is 12.1 Å². The number of nitrogens with zero attached hydrogens (tertiary/aromatic N) is 1. The van der Waals surface area contributed by atoms with Gasteiger partial charge in [-0.3, -0.25) is 4.79 Å². The lowest BCUT2D eigenvalue weighted by Crippen LogP contribution is -2.49. The number of methoxy groups -OCH3 is 1. The van der Waals surface area contributed by atoms with Crippen molar-refractivity contribution < 1.29 is 27.8 Å². The fourth-order valence-electron chi connectivity index (χ4n) is 2.04. The van der Waals surface area contributed by atoms with E-state index in [9.17, 15) is 18.4 Å². The molecule has 1 atom stereocenters. The molecule has 2 N–H and O–H groups in total. The SMILES string of the molecule is COC(=O)C1CN(C(=O)c2cc(F)cc(N)c2F)CCO1. The third kappa shape index (κ3) is 3.10. The van der Waals surface area contributed by atoms with Crippen molar-refractivity contribution >= 4 is 17.6 Å². The van der Waals surface area contributed by atoms with Crippen LogP contribution in [0.4, 0.5) is 14.5 Å². The number of benzene rings is 1. The summed E-state index contributed by atoms with van der Waals surface area (Å²) >= 11 is 0. The molecule has 6 nitrogen and oxygen atoms in total. The van der Waals surface area contributed by atoms with E-state index < -0.39 is 40.9 Å². The molecule has 0 radical (unpaired) electrons. The quantitative estimate of drug-likeness (QED) is 0.637. The molecular formula is C13H14F2N2O4. The minimum atomic E-state index is -0.984. The Morgan fingerprint density at radius 3 is 2.81 bits per heavy atom. The Morgan fingerprint density at radius 2 is 2.14 bits per heavy atom. The first kappa shape index (κ1) is 15.2. The number of nitrogen functional groups attached to an aromatic ring is 1. The molecular weight excluding hydrogens is 286 g/mol. The number of halogens is 2. The highest BCUT2D eigenvalue weighted by molar-refractivity contribution is 5.96. The normalized spacial score (nSPS) is 18.4. The lowest BCUT2D eigenvalue weighted by molar-refractivity contribution is -0.158. The molecule has 1 aliphatic rings. The summed E-state index contributed by atoms with van der Waals surface area (Å²) in [5.41, 5.74) is 4.38. The fourth-order valence-corrected chi connectivity index (χ4v) is 2.04. The number of carbonyl (C=O) groups excluding carboxylic acids is 2. The number of rotatable bonds is 2. The van der Waals surface area contributed by atoms with Gasteiger partial charge in [-0.15, -0.1) is 0 Å². The largest absolute Gasteiger partial charge is 0.467 e. The molecule has 1 saturated heterocycles. The van der Waals surface area contributed by atoms with Gasteiger partial charge in [0.2, 0.25) is 0 Å². The van der Waals surface area contributed by atoms with E-state index in [4.69, 9.17) is 10.5 Å². The van der Waals surface area contributed by atoms with Gasteiger partial charge in [0, 0.05) is 6.54 Å². The zero-order valence-corrected chi connectivity index (χ0v) is 11.3. The first-order valence-electron chi connectivity index (χ1n) is 6.17. The average molecular weight is 300 g/mol. The number of esters is 1. The van der Waals surface area contributed by atoms with Crippen molar-refractivity contribution in [3.63, 3.8) is 0 Å². The van der Waals surface area contributed by atoms with Crippen LogP contribution in [0.25, 0.3) is 0 Å². The molecule has 1 amide bonds. The average Bonchev–Trinajstić information content (AvgIpc) is 2.49. The van der Waals surface area contributed by atoms with Gasteiger partial charge in [-0.1, -0.05) is 0 Å². The van der Waals surface area contributed by atoms with Gasteiger partial charge in [0.15, 0.2) is 11.9 Å². The molecule has 0 aliphatic carbocycles. The number of hydrogen-bond acceptors (Lipinski definition) is 5. The second-order valence-corrected chi connectivity index (χ2v) is 4.49. The van der Waals surface area contributed by atoms with Crippen LogP contribution in [0, 0.1) is 11.6 Å². The highest BCUT2D eigenvalue weighted by Crippen LogP contribution is 2.20. The summed E-state index contributed by atoms with van der Waals surface area (Å²) in [5, 5.41) is 0. The summed E-state index contributed by atoms with van der Waals surface area (Å²) in [6.45, 7) is 0.154. The molecule has 1 aromatic rings. The zero-order chi connectivity index (χ0) is 15.6. The Balaban J connectivity index is 2.22. The number of carbonyl (C=O) groups is 2. The van der Waals surface area contributed by atoms with Gasteiger partial charge >= 0.3 is 5.97 Å². The minimum Gasteiger partial charge on any atom is -0.467 e. The van der Waals surface area contributed by atoms with Gasteiger partial charge in [-0.25, -0.2) is 13.6 Å². The van der Waals surface area contributed by atoms with Crippen molar-refractivity contribution in [2.45, 2.75) is 6.10 Å². The summed E-state index contributed by atoms with van der Waals surface area (Å²) in [7, 11) is 1.19. The van der Waals surface area contributed by atoms with E-state index in [0.29, 0.717) is 0 Å². The Bertz CT molecular complexity index is 580. The maximum absolute atomic E-state index is 13.8. The molecule has 0 spiro atoms. The molecule has 0 bridgehead atoms. The van der Waals surface area contributed by atoms with Gasteiger partial charge in [0.25, 0.3) is 5.91 Å². The summed E-state index contributed by atoms with van der Waals surface area (Å²) in [6, 6.07) is 1.57. The molecule has 0 saturated carbocycles. The Labute approximate surface area is 119 Å². The van der Waals surface area contributed by atoms with E-state index in [1.165, 1.54) is 12.0 Å². The number of hydrogen-bond donors (Lipinski definition) is 1. The highest BCUT2D eigenvalue weighted by atomic mass is 19.1. The first-order valence-corrected chi connectivity index (χ1v) is 6.17. The molecule has 0 aromatic heterocycles. The maximum atomic E-state index is 13.8. The third-order valence-corrected chi connectivity index (χ3v) is 3.11. The third-order valence-electron chi connectivity index (χ3n) is 3.11. The van der Waals surface area contributed by atoms with Gasteiger partial charge in [0.1, 0.15) is 5.82 Å². The predicted octanol–water partition coefficient (Wildman–Crippen LogP) is 0.561. The van der Waals surface area contributed by atoms with Crippen LogP contribution in [-0.4, -0.2) is 49.7 Å². The van der Waals surface area contributed by atoms with E-state index in [1.807, 2.05) is 0 Å². The monoisotopic (exact) mass is 300 g/mol. The second kappa shape index (κ2) is 6.04. The number of nitrogens with two attached hydrogens (primary N) is 1. The van der Waals surface area contributed by atoms with Gasteiger partial charge in [-0.2, -0.15) is 0 Å². The number of ether oxygens (including phenoxy) is 2. The Morgan fingerprint density at radius 1 is 1.43 bits per heavy atom. The van der Waals surface area contributed by atoms with Crippen molar-refractivity contribution in [3.05, 3.63) is 29.3 Å². The summed E-state index contributed by atoms with van der Waals surface area (Å²) in [6.07, 6.45) is -0.943. The number of morpholine rings is 1. The van der Waals surface area contributed by atoms with E-state index >= 15 is 0 Å². The predicted molar refractivity (Wildman–Crippen MR) is 68.4 cm³/mol. The van der Waals surface area contributed by atoms with Crippen molar-refractivity contribution in [3.8, 4) is 0 Å². The Hall–Kier alpha value is -2.22. The van der Waals surface area contributed by atoms with Gasteiger partial charge in [0.05, 0.1) is 31.5 Å². The second-order valence-electron chi connectivity index (χ2n) is 4.49. The van der Waals surface area contributed by atoms with Crippen LogP contribution in [0.3, 0.4) is 0 Å². The molecule has 1 heterocycles. The molecule has 1 fully saturated rings. The molecule has 114 valence electrons. The summed E-state index contributed by atoms with van der Waals surface area (Å²) in [5.74, 6) is -3.18. The molecule has 8 heteroatoms. The van der Waals surface area contributed by atoms with Crippen LogP contribution in [0.1, 0.15) is 10.4 Å². The van der Waals surface area contributed by atoms with Crippen LogP contribution < -0.4 is 5.73 Å². The highest BCUT2D eigenvalue weighted by Gasteiger charge is 2.31. The van der Waals surface area contributed by atoms with Crippen LogP contribution in [0.15, 0.2) is 12.1 Å². The van der Waals surface area contributed by atoms with Crippen LogP contribution in [0.2, 0.25) is 0 Å². The van der Waals surface area contributed by atoms with Crippen molar-refractivity contribution in [2.24, 2.45) is 0 Å². The van der Waals surface area contributed by atoms with E-state index in [2.05, 4.69) is 4.74 Å². The number of anilines is 1. The lowest BCUT2D eigenvalue weighted by atomic mass is 10.1. The van der Waals surface area contributed by atoms with Gasteiger partial charge in [-0.05, 0) is 12.1 Å². The molecule has 1 unspecified atom stereocenters. The summed E-state index contributed by atoms with van der Waals surface area (Å²) in [4.78, 5) is 24.8. The van der Waals surface area contributed by atoms with E-state index in [-0.39, 0.29) is 19.7 Å². The Kier molecular flexibility index (Phi) is 4.37. The van der Waals surface area contributed by atoms with Crippen molar-refractivity contribution in [1.82, 2.24) is 4.90 Å². The molecule has 2 rings (SSSR count). The van der Waals surface area contributed by atoms with Gasteiger partial charge < -0.3 is 20.1 Å².